The van der Waals surface area contributed by atoms with Crippen LogP contribution >= 0.6 is 0 Å². The van der Waals surface area contributed by atoms with Crippen molar-refractivity contribution in [1.82, 2.24) is 0 Å². The Balaban J connectivity index is 3.36. The Hall–Kier alpha value is -0.653. The van der Waals surface area contributed by atoms with Crippen molar-refractivity contribution in [2.75, 3.05) is 19.8 Å². The molecule has 0 radical (unpaired) electrons. The van der Waals surface area contributed by atoms with Crippen LogP contribution in [0.3, 0.4) is 0 Å². The second-order valence-electron chi connectivity index (χ2n) is 7.56. The molecule has 0 fully saturated rings. The molecule has 0 aliphatic heterocycles. The average molecular weight is 401 g/mol. The van der Waals surface area contributed by atoms with Gasteiger partial charge in [0.1, 0.15) is 0 Å². The monoisotopic (exact) mass is 400 g/mol. The lowest BCUT2D eigenvalue weighted by Crippen LogP contribution is -2.38. The lowest BCUT2D eigenvalue weighted by molar-refractivity contribution is -0.139. The molecule has 160 valence electrons. The van der Waals surface area contributed by atoms with Crippen LogP contribution in [-0.2, 0) is 18.4 Å². The number of esters is 1. The molecule has 0 saturated heterocycles. The fourth-order valence-corrected chi connectivity index (χ4v) is 5.71. The lowest BCUT2D eigenvalue weighted by Gasteiger charge is -2.25. The molecule has 0 bridgehead atoms. The van der Waals surface area contributed by atoms with Crippen molar-refractivity contribution in [2.24, 2.45) is 0 Å². The Kier molecular flexibility index (Phi) is 17.0. The third-order valence-corrected chi connectivity index (χ3v) is 7.82. The Bertz CT molecular complexity index is 379. The van der Waals surface area contributed by atoms with Crippen molar-refractivity contribution in [1.29, 1.82) is 0 Å². The number of unbranched alkanes of at least 4 members (excludes halogenated alkanes) is 10. The van der Waals surface area contributed by atoms with Gasteiger partial charge in [0.05, 0.1) is 6.61 Å². The van der Waals surface area contributed by atoms with Crippen LogP contribution in [0.15, 0.2) is 12.2 Å². The van der Waals surface area contributed by atoms with E-state index in [1.54, 1.807) is 6.92 Å². The van der Waals surface area contributed by atoms with Crippen LogP contribution in [-0.4, -0.2) is 34.4 Å². The zero-order chi connectivity index (χ0) is 20.4. The summed E-state index contributed by atoms with van der Waals surface area (Å²) in [5.74, 6) is -0.266. The van der Waals surface area contributed by atoms with Gasteiger partial charge in [-0.2, -0.15) is 0 Å². The smallest absolute Gasteiger partial charge is 0.334 e. The Morgan fingerprint density at radius 1 is 0.778 bits per heavy atom. The van der Waals surface area contributed by atoms with Gasteiger partial charge in [-0.15, -0.1) is 0 Å². The summed E-state index contributed by atoms with van der Waals surface area (Å²) in [7, 11) is -1.89. The molecule has 0 atom stereocenters. The summed E-state index contributed by atoms with van der Waals surface area (Å²) in [6, 6.07) is 1.12. The Labute approximate surface area is 169 Å². The number of ether oxygens (including phenoxy) is 1. The summed E-state index contributed by atoms with van der Waals surface area (Å²) < 4.78 is 16.9. The highest BCUT2D eigenvalue weighted by Gasteiger charge is 2.29. The first-order valence-electron chi connectivity index (χ1n) is 11.1. The van der Waals surface area contributed by atoms with E-state index >= 15 is 0 Å². The van der Waals surface area contributed by atoms with E-state index in [1.807, 2.05) is 0 Å². The third-order valence-electron chi connectivity index (χ3n) is 4.76. The summed E-state index contributed by atoms with van der Waals surface area (Å²) in [5.41, 5.74) is 0.481. The predicted octanol–water partition coefficient (Wildman–Crippen LogP) is 6.54. The van der Waals surface area contributed by atoms with Gasteiger partial charge in [0.25, 0.3) is 0 Å². The minimum Gasteiger partial charge on any atom is -0.462 e. The first-order valence-corrected chi connectivity index (χ1v) is 13.6. The van der Waals surface area contributed by atoms with Gasteiger partial charge in [0, 0.05) is 18.8 Å². The van der Waals surface area contributed by atoms with E-state index in [0.717, 1.165) is 32.1 Å². The zero-order valence-electron chi connectivity index (χ0n) is 18.4. The van der Waals surface area contributed by atoms with E-state index in [1.165, 1.54) is 57.8 Å². The molecule has 4 nitrogen and oxygen atoms in total. The molecule has 0 aromatic rings. The number of hydrogen-bond donors (Lipinski definition) is 0. The van der Waals surface area contributed by atoms with Crippen LogP contribution in [0.5, 0.6) is 0 Å². The molecule has 0 aromatic carbocycles. The highest BCUT2D eigenvalue weighted by molar-refractivity contribution is 6.66. The number of carbonyl (C=O) groups is 1. The maximum atomic E-state index is 11.2. The van der Waals surface area contributed by atoms with E-state index in [-0.39, 0.29) is 5.97 Å². The topological polar surface area (TPSA) is 44.8 Å². The maximum Gasteiger partial charge on any atom is 0.334 e. The zero-order valence-corrected chi connectivity index (χ0v) is 19.4. The Morgan fingerprint density at radius 2 is 1.19 bits per heavy atom. The van der Waals surface area contributed by atoms with Crippen LogP contribution in [0.25, 0.3) is 0 Å². The van der Waals surface area contributed by atoms with Gasteiger partial charge in [-0.25, -0.2) is 4.79 Å². The number of rotatable bonds is 19. The van der Waals surface area contributed by atoms with Gasteiger partial charge < -0.3 is 13.6 Å². The number of carbonyl (C=O) groups excluding carboxylic acids is 1. The van der Waals surface area contributed by atoms with Crippen molar-refractivity contribution in [3.63, 3.8) is 0 Å². The van der Waals surface area contributed by atoms with Crippen molar-refractivity contribution in [3.05, 3.63) is 12.2 Å². The number of hydrogen-bond acceptors (Lipinski definition) is 4. The summed E-state index contributed by atoms with van der Waals surface area (Å²) in [5, 5.41) is 0. The van der Waals surface area contributed by atoms with Crippen LogP contribution < -0.4 is 0 Å². The SMILES string of the molecule is C=C(C)C(=O)OCCCCCCCCCCCCC[Si](C)(OCC)OCC. The fraction of sp³-hybridized carbons (Fsp3) is 0.864. The van der Waals surface area contributed by atoms with Crippen molar-refractivity contribution < 1.29 is 18.4 Å². The van der Waals surface area contributed by atoms with Crippen LogP contribution in [0.4, 0.5) is 0 Å². The molecule has 0 aliphatic rings. The maximum absolute atomic E-state index is 11.2. The molecule has 0 aromatic heterocycles. The summed E-state index contributed by atoms with van der Waals surface area (Å²) >= 11 is 0. The summed E-state index contributed by atoms with van der Waals surface area (Å²) in [6.07, 6.45) is 13.9. The minimum atomic E-state index is -1.89. The van der Waals surface area contributed by atoms with Crippen LogP contribution in [0.1, 0.15) is 91.4 Å². The molecule has 0 unspecified atom stereocenters. The molecule has 0 aliphatic carbocycles. The molecule has 0 heterocycles. The third kappa shape index (κ3) is 16.0. The second-order valence-corrected chi connectivity index (χ2v) is 10.9. The first-order chi connectivity index (χ1) is 12.9. The molecular formula is C22H44O4Si. The van der Waals surface area contributed by atoms with E-state index in [0.29, 0.717) is 12.2 Å². The van der Waals surface area contributed by atoms with Gasteiger partial charge in [-0.3, -0.25) is 0 Å². The molecule has 0 N–H and O–H groups in total. The highest BCUT2D eigenvalue weighted by Crippen LogP contribution is 2.19. The fourth-order valence-electron chi connectivity index (χ4n) is 3.22. The van der Waals surface area contributed by atoms with Crippen LogP contribution in [0.2, 0.25) is 12.6 Å². The molecule has 0 amide bonds. The summed E-state index contributed by atoms with van der Waals surface area (Å²) in [4.78, 5) is 11.2. The second kappa shape index (κ2) is 17.4. The molecular weight excluding hydrogens is 356 g/mol. The normalized spacial score (nSPS) is 11.6. The first kappa shape index (κ1) is 26.3. The quantitative estimate of drug-likeness (QED) is 0.107. The van der Waals surface area contributed by atoms with Crippen molar-refractivity contribution in [2.45, 2.75) is 104 Å². The largest absolute Gasteiger partial charge is 0.462 e. The van der Waals surface area contributed by atoms with E-state index in [4.69, 9.17) is 13.6 Å². The highest BCUT2D eigenvalue weighted by atomic mass is 28.4. The lowest BCUT2D eigenvalue weighted by atomic mass is 10.1. The minimum absolute atomic E-state index is 0.266. The average Bonchev–Trinajstić information content (AvgIpc) is 2.62. The van der Waals surface area contributed by atoms with E-state index in [2.05, 4.69) is 27.0 Å². The van der Waals surface area contributed by atoms with Crippen molar-refractivity contribution >= 4 is 14.5 Å². The predicted molar refractivity (Wildman–Crippen MR) is 116 cm³/mol. The molecule has 0 spiro atoms. The molecule has 5 heteroatoms. The van der Waals surface area contributed by atoms with Gasteiger partial charge >= 0.3 is 14.5 Å². The Morgan fingerprint density at radius 3 is 1.59 bits per heavy atom. The standard InChI is InChI=1S/C22H44O4Si/c1-6-25-27(5,26-7-2)20-18-16-14-12-10-8-9-11-13-15-17-19-24-22(23)21(3)4/h3,6-20H2,1-2,4-5H3. The summed E-state index contributed by atoms with van der Waals surface area (Å²) in [6.45, 7) is 13.6. The van der Waals surface area contributed by atoms with Gasteiger partial charge in [-0.1, -0.05) is 70.8 Å². The molecule has 0 saturated carbocycles. The van der Waals surface area contributed by atoms with Gasteiger partial charge in [0.15, 0.2) is 0 Å². The van der Waals surface area contributed by atoms with E-state index < -0.39 is 8.56 Å². The van der Waals surface area contributed by atoms with Crippen molar-refractivity contribution in [3.8, 4) is 0 Å². The van der Waals surface area contributed by atoms with Gasteiger partial charge in [0.2, 0.25) is 0 Å². The van der Waals surface area contributed by atoms with E-state index in [9.17, 15) is 4.79 Å². The molecule has 0 rings (SSSR count). The van der Waals surface area contributed by atoms with Crippen LogP contribution in [0, 0.1) is 0 Å². The molecule has 27 heavy (non-hydrogen) atoms. The van der Waals surface area contributed by atoms with Gasteiger partial charge in [-0.05, 0) is 39.8 Å².